The van der Waals surface area contributed by atoms with Crippen LogP contribution in [0.3, 0.4) is 0 Å². The molecule has 4 rings (SSSR count). The van der Waals surface area contributed by atoms with Crippen molar-refractivity contribution in [2.75, 3.05) is 12.4 Å². The van der Waals surface area contributed by atoms with Crippen LogP contribution in [-0.2, 0) is 0 Å². The number of rotatable bonds is 6. The minimum absolute atomic E-state index is 0.0897. The monoisotopic (exact) mass is 393 g/mol. The zero-order chi connectivity index (χ0) is 20.5. The number of nitrogens with zero attached hydrogens (tertiary/aromatic N) is 3. The molecule has 29 heavy (non-hydrogen) atoms. The van der Waals surface area contributed by atoms with Crippen molar-refractivity contribution in [1.29, 1.82) is 0 Å². The average molecular weight is 393 g/mol. The molecule has 2 aromatic heterocycles. The molecule has 150 valence electrons. The van der Waals surface area contributed by atoms with Crippen LogP contribution >= 0.6 is 0 Å². The molecule has 0 atom stereocenters. The van der Waals surface area contributed by atoms with Gasteiger partial charge in [-0.15, -0.1) is 0 Å². The quantitative estimate of drug-likeness (QED) is 0.669. The van der Waals surface area contributed by atoms with Gasteiger partial charge in [-0.3, -0.25) is 14.6 Å². The Morgan fingerprint density at radius 3 is 2.59 bits per heavy atom. The normalized spacial score (nSPS) is 13.5. The van der Waals surface area contributed by atoms with E-state index in [0.717, 1.165) is 18.5 Å². The lowest BCUT2D eigenvalue weighted by atomic mass is 10.1. The van der Waals surface area contributed by atoms with Crippen LogP contribution in [0.15, 0.2) is 41.2 Å². The number of benzene rings is 1. The maximum absolute atomic E-state index is 12.7. The van der Waals surface area contributed by atoms with Gasteiger partial charge in [0.1, 0.15) is 11.6 Å². The van der Waals surface area contributed by atoms with Gasteiger partial charge in [-0.2, -0.15) is 9.78 Å². The Bertz CT molecular complexity index is 1090. The summed E-state index contributed by atoms with van der Waals surface area (Å²) in [5.41, 5.74) is 1.78. The molecular weight excluding hydrogens is 370 g/mol. The molecule has 1 aliphatic carbocycles. The highest BCUT2D eigenvalue weighted by atomic mass is 16.5. The number of ether oxygens (including phenoxy) is 1. The number of aromatic amines is 1. The molecule has 0 spiro atoms. The molecule has 0 radical (unpaired) electrons. The van der Waals surface area contributed by atoms with Gasteiger partial charge in [0, 0.05) is 23.6 Å². The number of amides is 1. The van der Waals surface area contributed by atoms with Crippen molar-refractivity contribution in [2.45, 2.75) is 38.5 Å². The minimum atomic E-state index is -0.279. The van der Waals surface area contributed by atoms with Crippen LogP contribution in [0.2, 0.25) is 0 Å². The van der Waals surface area contributed by atoms with Gasteiger partial charge in [0.25, 0.3) is 11.5 Å². The second-order valence-electron chi connectivity index (χ2n) is 7.47. The molecular formula is C21H23N5O3. The van der Waals surface area contributed by atoms with Crippen molar-refractivity contribution in [2.24, 2.45) is 0 Å². The first kappa shape index (κ1) is 18.9. The van der Waals surface area contributed by atoms with Crippen molar-refractivity contribution in [3.05, 3.63) is 63.7 Å². The number of nitrogens with one attached hydrogen (secondary N) is 2. The predicted molar refractivity (Wildman–Crippen MR) is 109 cm³/mol. The van der Waals surface area contributed by atoms with Gasteiger partial charge < -0.3 is 10.1 Å². The molecule has 2 N–H and O–H groups in total. The van der Waals surface area contributed by atoms with E-state index in [0.29, 0.717) is 28.7 Å². The second-order valence-corrected chi connectivity index (χ2v) is 7.47. The van der Waals surface area contributed by atoms with Crippen LogP contribution < -0.4 is 15.6 Å². The Hall–Kier alpha value is -3.42. The summed E-state index contributed by atoms with van der Waals surface area (Å²) in [6.45, 7) is 3.94. The van der Waals surface area contributed by atoms with Gasteiger partial charge in [-0.05, 0) is 43.0 Å². The molecule has 8 nitrogen and oxygen atoms in total. The van der Waals surface area contributed by atoms with Crippen molar-refractivity contribution >= 4 is 11.7 Å². The lowest BCUT2D eigenvalue weighted by Gasteiger charge is -2.10. The number of carbonyl (C=O) groups is 1. The van der Waals surface area contributed by atoms with Gasteiger partial charge in [0.05, 0.1) is 18.5 Å². The number of hydrogen-bond acceptors (Lipinski definition) is 5. The van der Waals surface area contributed by atoms with Crippen molar-refractivity contribution < 1.29 is 9.53 Å². The SMILES string of the molecule is COc1ccc(C(=O)Nc2cc(C3CC3)nn2-c2nc(C(C)C)cc(=O)[nH]2)cc1. The lowest BCUT2D eigenvalue weighted by molar-refractivity contribution is 0.102. The maximum Gasteiger partial charge on any atom is 0.256 e. The first-order valence-corrected chi connectivity index (χ1v) is 9.61. The number of carbonyl (C=O) groups excluding carboxylic acids is 1. The summed E-state index contributed by atoms with van der Waals surface area (Å²) >= 11 is 0. The van der Waals surface area contributed by atoms with E-state index in [1.807, 2.05) is 19.9 Å². The van der Waals surface area contributed by atoms with Crippen molar-refractivity contribution in [1.82, 2.24) is 19.7 Å². The topological polar surface area (TPSA) is 102 Å². The number of methoxy groups -OCH3 is 1. The van der Waals surface area contributed by atoms with E-state index in [1.54, 1.807) is 31.4 Å². The standard InChI is InChI=1S/C21H23N5O3/c1-12(2)16-11-19(27)24-21(22-16)26-18(10-17(25-26)13-4-5-13)23-20(28)14-6-8-15(29-3)9-7-14/h6-13H,4-5H2,1-3H3,(H,23,28)(H,22,24,27). The van der Waals surface area contributed by atoms with E-state index >= 15 is 0 Å². The summed E-state index contributed by atoms with van der Waals surface area (Å²) in [6.07, 6.45) is 2.14. The van der Waals surface area contributed by atoms with Crippen LogP contribution in [0.1, 0.15) is 60.3 Å². The number of H-pyrrole nitrogens is 1. The Morgan fingerprint density at radius 1 is 1.24 bits per heavy atom. The molecule has 1 fully saturated rings. The molecule has 1 saturated carbocycles. The fourth-order valence-corrected chi connectivity index (χ4v) is 3.02. The first-order chi connectivity index (χ1) is 13.9. The third-order valence-corrected chi connectivity index (χ3v) is 4.86. The Balaban J connectivity index is 1.70. The number of aromatic nitrogens is 4. The number of hydrogen-bond donors (Lipinski definition) is 2. The molecule has 8 heteroatoms. The van der Waals surface area contributed by atoms with Crippen LogP contribution in [-0.4, -0.2) is 32.8 Å². The average Bonchev–Trinajstić information content (AvgIpc) is 3.48. The molecule has 0 aliphatic heterocycles. The fourth-order valence-electron chi connectivity index (χ4n) is 3.02. The summed E-state index contributed by atoms with van der Waals surface area (Å²) in [6, 6.07) is 10.2. The molecule has 0 unspecified atom stereocenters. The third kappa shape index (κ3) is 4.06. The zero-order valence-electron chi connectivity index (χ0n) is 16.6. The summed E-state index contributed by atoms with van der Waals surface area (Å²) in [4.78, 5) is 32.1. The van der Waals surface area contributed by atoms with Crippen LogP contribution in [0, 0.1) is 0 Å². The first-order valence-electron chi connectivity index (χ1n) is 9.61. The largest absolute Gasteiger partial charge is 0.497 e. The van der Waals surface area contributed by atoms with Crippen molar-refractivity contribution in [3.8, 4) is 11.7 Å². The molecule has 1 aliphatic rings. The zero-order valence-corrected chi connectivity index (χ0v) is 16.6. The Labute approximate surface area is 167 Å². The maximum atomic E-state index is 12.7. The molecule has 1 aromatic carbocycles. The van der Waals surface area contributed by atoms with Crippen molar-refractivity contribution in [3.63, 3.8) is 0 Å². The van der Waals surface area contributed by atoms with Crippen LogP contribution in [0.5, 0.6) is 5.75 Å². The van der Waals surface area contributed by atoms with Gasteiger partial charge >= 0.3 is 0 Å². The number of anilines is 1. The smallest absolute Gasteiger partial charge is 0.256 e. The van der Waals surface area contributed by atoms with Gasteiger partial charge in [-0.25, -0.2) is 4.98 Å². The fraction of sp³-hybridized carbons (Fsp3) is 0.333. The van der Waals surface area contributed by atoms with Crippen LogP contribution in [0.4, 0.5) is 5.82 Å². The van der Waals surface area contributed by atoms with E-state index in [-0.39, 0.29) is 23.3 Å². The van der Waals surface area contributed by atoms with E-state index < -0.39 is 0 Å². The predicted octanol–water partition coefficient (Wildman–Crippen LogP) is 3.22. The highest BCUT2D eigenvalue weighted by Crippen LogP contribution is 2.40. The van der Waals surface area contributed by atoms with E-state index in [1.165, 1.54) is 10.7 Å². The van der Waals surface area contributed by atoms with E-state index in [2.05, 4.69) is 20.4 Å². The molecule has 3 aromatic rings. The lowest BCUT2D eigenvalue weighted by Crippen LogP contribution is -2.19. The Kier molecular flexibility index (Phi) is 4.92. The highest BCUT2D eigenvalue weighted by Gasteiger charge is 2.28. The minimum Gasteiger partial charge on any atom is -0.497 e. The summed E-state index contributed by atoms with van der Waals surface area (Å²) in [5.74, 6) is 1.63. The molecule has 0 bridgehead atoms. The summed E-state index contributed by atoms with van der Waals surface area (Å²) < 4.78 is 6.64. The molecule has 0 saturated heterocycles. The van der Waals surface area contributed by atoms with Gasteiger partial charge in [0.2, 0.25) is 5.95 Å². The third-order valence-electron chi connectivity index (χ3n) is 4.86. The summed E-state index contributed by atoms with van der Waals surface area (Å²) in [5, 5.41) is 7.50. The second kappa shape index (κ2) is 7.54. The van der Waals surface area contributed by atoms with Crippen LogP contribution in [0.25, 0.3) is 5.95 Å². The van der Waals surface area contributed by atoms with Gasteiger partial charge in [-0.1, -0.05) is 13.8 Å². The molecule has 2 heterocycles. The van der Waals surface area contributed by atoms with Gasteiger partial charge in [0.15, 0.2) is 0 Å². The van der Waals surface area contributed by atoms with E-state index in [4.69, 9.17) is 4.74 Å². The Morgan fingerprint density at radius 2 is 1.97 bits per heavy atom. The molecule has 1 amide bonds. The summed E-state index contributed by atoms with van der Waals surface area (Å²) in [7, 11) is 1.58. The highest BCUT2D eigenvalue weighted by molar-refractivity contribution is 6.04. The van der Waals surface area contributed by atoms with E-state index in [9.17, 15) is 9.59 Å².